The average molecular weight is 543 g/mol. The van der Waals surface area contributed by atoms with Gasteiger partial charge in [-0.05, 0) is 113 Å². The molecular weight excluding hydrogens is 480 g/mol. The Morgan fingerprint density at radius 2 is 1.35 bits per heavy atom. The fraction of sp³-hybridized carbons (Fsp3) is 0.600. The van der Waals surface area contributed by atoms with E-state index >= 15 is 0 Å². The Bertz CT molecular complexity index is 1040. The van der Waals surface area contributed by atoms with E-state index in [-0.39, 0.29) is 0 Å². The van der Waals surface area contributed by atoms with Gasteiger partial charge in [-0.25, -0.2) is 0 Å². The van der Waals surface area contributed by atoms with E-state index in [1.807, 2.05) is 0 Å². The van der Waals surface area contributed by atoms with Crippen molar-refractivity contribution in [3.05, 3.63) is 94.7 Å². The van der Waals surface area contributed by atoms with Crippen LogP contribution in [0.3, 0.4) is 0 Å². The highest BCUT2D eigenvalue weighted by molar-refractivity contribution is 5.33. The van der Waals surface area contributed by atoms with Crippen LogP contribution in [0.1, 0.15) is 127 Å². The minimum atomic E-state index is 0.321. The number of hydrogen-bond donors (Lipinski definition) is 0. The average Bonchev–Trinajstić information content (AvgIpc) is 2.85. The zero-order valence-corrected chi connectivity index (χ0v) is 27.9. The summed E-state index contributed by atoms with van der Waals surface area (Å²) in [6.45, 7) is 23.4. The zero-order chi connectivity index (χ0) is 29.8. The van der Waals surface area contributed by atoms with E-state index in [1.54, 1.807) is 22.3 Å². The maximum atomic E-state index is 2.46. The second kappa shape index (κ2) is 16.4. The fourth-order valence-corrected chi connectivity index (χ4v) is 6.42. The van der Waals surface area contributed by atoms with Crippen molar-refractivity contribution in [2.45, 2.75) is 127 Å². The third-order valence-corrected chi connectivity index (χ3v) is 9.24. The molecule has 0 N–H and O–H groups in total. The van der Waals surface area contributed by atoms with Gasteiger partial charge < -0.3 is 0 Å². The lowest BCUT2D eigenvalue weighted by molar-refractivity contribution is 0.360. The van der Waals surface area contributed by atoms with Gasteiger partial charge >= 0.3 is 0 Å². The van der Waals surface area contributed by atoms with E-state index in [0.29, 0.717) is 28.6 Å². The zero-order valence-electron chi connectivity index (χ0n) is 27.9. The third kappa shape index (κ3) is 11.8. The SMILES string of the molecule is CC1=C(/C=C/C(C)/C=C/CC(C)/C=C/C=C/C(C)/C=C/C/C(C)=C/CC2=C(C)CCCC2(C)C)C(C)(C)CCC1. The quantitative estimate of drug-likeness (QED) is 0.160. The molecule has 0 nitrogen and oxygen atoms in total. The van der Waals surface area contributed by atoms with Gasteiger partial charge in [0.05, 0.1) is 0 Å². The second-order valence-corrected chi connectivity index (χ2v) is 14.3. The Labute approximate surface area is 249 Å². The molecule has 2 rings (SSSR count). The summed E-state index contributed by atoms with van der Waals surface area (Å²) in [4.78, 5) is 0. The molecule has 222 valence electrons. The normalized spacial score (nSPS) is 23.0. The molecule has 2 aliphatic carbocycles. The molecule has 0 aromatic heterocycles. The van der Waals surface area contributed by atoms with Crippen LogP contribution < -0.4 is 0 Å². The van der Waals surface area contributed by atoms with Crippen molar-refractivity contribution in [2.75, 3.05) is 0 Å². The van der Waals surface area contributed by atoms with E-state index in [4.69, 9.17) is 0 Å². The first-order valence-electron chi connectivity index (χ1n) is 16.2. The van der Waals surface area contributed by atoms with Crippen molar-refractivity contribution >= 4 is 0 Å². The van der Waals surface area contributed by atoms with E-state index < -0.39 is 0 Å². The summed E-state index contributed by atoms with van der Waals surface area (Å²) >= 11 is 0. The summed E-state index contributed by atoms with van der Waals surface area (Å²) in [6.07, 6.45) is 36.8. The molecule has 0 heteroatoms. The van der Waals surface area contributed by atoms with Crippen LogP contribution in [0.4, 0.5) is 0 Å². The molecule has 0 saturated carbocycles. The lowest BCUT2D eigenvalue weighted by atomic mass is 9.71. The Balaban J connectivity index is 1.73. The summed E-state index contributed by atoms with van der Waals surface area (Å²) in [6, 6.07) is 0. The van der Waals surface area contributed by atoms with Crippen molar-refractivity contribution in [1.82, 2.24) is 0 Å². The summed E-state index contributed by atoms with van der Waals surface area (Å²) in [7, 11) is 0. The molecule has 2 aliphatic rings. The van der Waals surface area contributed by atoms with E-state index in [1.165, 1.54) is 44.1 Å². The van der Waals surface area contributed by atoms with Gasteiger partial charge in [-0.15, -0.1) is 0 Å². The molecule has 40 heavy (non-hydrogen) atoms. The summed E-state index contributed by atoms with van der Waals surface area (Å²) < 4.78 is 0. The van der Waals surface area contributed by atoms with Crippen LogP contribution in [-0.4, -0.2) is 0 Å². The van der Waals surface area contributed by atoms with Gasteiger partial charge in [0.15, 0.2) is 0 Å². The minimum absolute atomic E-state index is 0.321. The van der Waals surface area contributed by atoms with Crippen molar-refractivity contribution < 1.29 is 0 Å². The molecule has 0 aromatic carbocycles. The van der Waals surface area contributed by atoms with Gasteiger partial charge in [0, 0.05) is 0 Å². The largest absolute Gasteiger partial charge is 0.0874 e. The van der Waals surface area contributed by atoms with Crippen molar-refractivity contribution in [2.24, 2.45) is 28.6 Å². The van der Waals surface area contributed by atoms with Gasteiger partial charge in [0.2, 0.25) is 0 Å². The van der Waals surface area contributed by atoms with Crippen molar-refractivity contribution in [3.8, 4) is 0 Å². The van der Waals surface area contributed by atoms with Crippen LogP contribution >= 0.6 is 0 Å². The maximum absolute atomic E-state index is 2.46. The minimum Gasteiger partial charge on any atom is -0.0874 e. The molecule has 0 fully saturated rings. The van der Waals surface area contributed by atoms with Gasteiger partial charge in [-0.1, -0.05) is 138 Å². The fourth-order valence-electron chi connectivity index (χ4n) is 6.42. The van der Waals surface area contributed by atoms with E-state index in [9.17, 15) is 0 Å². The van der Waals surface area contributed by atoms with Crippen LogP contribution in [0, 0.1) is 28.6 Å². The lowest BCUT2D eigenvalue weighted by Gasteiger charge is -2.34. The number of allylic oxidation sites excluding steroid dienone is 16. The molecule has 0 amide bonds. The molecule has 3 unspecified atom stereocenters. The molecule has 0 radical (unpaired) electrons. The maximum Gasteiger partial charge on any atom is -0.00787 e. The molecular formula is C40H62. The molecule has 3 atom stereocenters. The summed E-state index contributed by atoms with van der Waals surface area (Å²) in [5.74, 6) is 1.47. The van der Waals surface area contributed by atoms with Gasteiger partial charge in [0.1, 0.15) is 0 Å². The van der Waals surface area contributed by atoms with E-state index in [0.717, 1.165) is 19.3 Å². The Kier molecular flexibility index (Phi) is 14.0. The van der Waals surface area contributed by atoms with Gasteiger partial charge in [0.25, 0.3) is 0 Å². The number of hydrogen-bond acceptors (Lipinski definition) is 0. The Hall–Kier alpha value is -2.08. The molecule has 0 heterocycles. The highest BCUT2D eigenvalue weighted by Gasteiger charge is 2.27. The van der Waals surface area contributed by atoms with Crippen LogP contribution in [0.25, 0.3) is 0 Å². The van der Waals surface area contributed by atoms with E-state index in [2.05, 4.69) is 136 Å². The Morgan fingerprint density at radius 1 is 0.750 bits per heavy atom. The molecule has 0 aliphatic heterocycles. The van der Waals surface area contributed by atoms with Crippen LogP contribution in [-0.2, 0) is 0 Å². The highest BCUT2D eigenvalue weighted by Crippen LogP contribution is 2.42. The highest BCUT2D eigenvalue weighted by atomic mass is 14.3. The van der Waals surface area contributed by atoms with Crippen LogP contribution in [0.5, 0.6) is 0 Å². The van der Waals surface area contributed by atoms with Crippen LogP contribution in [0.2, 0.25) is 0 Å². The first-order chi connectivity index (χ1) is 18.8. The topological polar surface area (TPSA) is 0 Å². The number of rotatable bonds is 13. The van der Waals surface area contributed by atoms with Crippen LogP contribution in [0.15, 0.2) is 94.7 Å². The smallest absolute Gasteiger partial charge is 0.00787 e. The molecule has 0 spiro atoms. The summed E-state index contributed by atoms with van der Waals surface area (Å²) in [5.41, 5.74) is 8.61. The molecule has 0 saturated heterocycles. The molecule has 0 aromatic rings. The van der Waals surface area contributed by atoms with Gasteiger partial charge in [-0.3, -0.25) is 0 Å². The second-order valence-electron chi connectivity index (χ2n) is 14.3. The Morgan fingerprint density at radius 3 is 2.02 bits per heavy atom. The van der Waals surface area contributed by atoms with Crippen molar-refractivity contribution in [1.29, 1.82) is 0 Å². The summed E-state index contributed by atoms with van der Waals surface area (Å²) in [5, 5.41) is 0. The third-order valence-electron chi connectivity index (χ3n) is 9.24. The predicted molar refractivity (Wildman–Crippen MR) is 181 cm³/mol. The first-order valence-corrected chi connectivity index (χ1v) is 16.2. The first kappa shape index (κ1) is 34.1. The molecule has 0 bridgehead atoms. The van der Waals surface area contributed by atoms with Gasteiger partial charge in [-0.2, -0.15) is 0 Å². The standard InChI is InChI=1S/C40H62/c1-31(19-13-21-33(3)25-27-37-35(5)23-15-29-39(37,7)8)17-11-12-18-32(2)20-14-22-34(4)26-28-38-36(6)24-16-30-40(38,9)10/h11-14,17-19,22,25-26,28,31-32,34H,15-16,20-21,23-24,27,29-30H2,1-10H3/b17-11+,18-12+,19-13+,22-14+,28-26+,33-25+. The predicted octanol–water partition coefficient (Wildman–Crippen LogP) is 12.8. The van der Waals surface area contributed by atoms with Crippen molar-refractivity contribution in [3.63, 3.8) is 0 Å². The lowest BCUT2D eigenvalue weighted by Crippen LogP contribution is -2.20. The monoisotopic (exact) mass is 542 g/mol.